The molecule has 2 N–H and O–H groups in total. The molecule has 0 saturated heterocycles. The molecule has 122 valence electrons. The molecule has 23 heavy (non-hydrogen) atoms. The van der Waals surface area contributed by atoms with Gasteiger partial charge in [-0.25, -0.2) is 4.79 Å². The zero-order chi connectivity index (χ0) is 16.5. The lowest BCUT2D eigenvalue weighted by molar-refractivity contribution is 0.247. The molecular formula is C17H20N2O4. The number of hydrogen-bond donors (Lipinski definition) is 2. The Morgan fingerprint density at radius 3 is 2.48 bits per heavy atom. The maximum atomic E-state index is 11.9. The van der Waals surface area contributed by atoms with Crippen LogP contribution < -0.4 is 24.8 Å². The molecule has 2 aromatic carbocycles. The van der Waals surface area contributed by atoms with Gasteiger partial charge in [0, 0.05) is 6.07 Å². The predicted octanol–water partition coefficient (Wildman–Crippen LogP) is 2.90. The number of methoxy groups -OCH3 is 2. The lowest BCUT2D eigenvalue weighted by atomic mass is 10.2. The van der Waals surface area contributed by atoms with Gasteiger partial charge in [-0.1, -0.05) is 18.2 Å². The molecule has 0 saturated carbocycles. The molecule has 0 aromatic heterocycles. The zero-order valence-electron chi connectivity index (χ0n) is 13.2. The van der Waals surface area contributed by atoms with Gasteiger partial charge in [0.15, 0.2) is 0 Å². The van der Waals surface area contributed by atoms with Crippen molar-refractivity contribution in [3.63, 3.8) is 0 Å². The molecule has 0 aliphatic carbocycles. The number of carbonyl (C=O) groups is 1. The van der Waals surface area contributed by atoms with Crippen LogP contribution in [0.5, 0.6) is 17.2 Å². The van der Waals surface area contributed by atoms with Gasteiger partial charge < -0.3 is 24.8 Å². The fraction of sp³-hybridized carbons (Fsp3) is 0.235. The fourth-order valence-electron chi connectivity index (χ4n) is 1.92. The molecule has 0 bridgehead atoms. The Bertz CT molecular complexity index is 632. The SMILES string of the molecule is COc1ccc(NC(=O)NCCOc2ccccc2)c(OC)c1. The van der Waals surface area contributed by atoms with Crippen LogP contribution in [0, 0.1) is 0 Å². The largest absolute Gasteiger partial charge is 0.497 e. The molecule has 0 radical (unpaired) electrons. The highest BCUT2D eigenvalue weighted by Gasteiger charge is 2.08. The molecule has 2 amide bonds. The third-order valence-corrected chi connectivity index (χ3v) is 3.06. The molecule has 0 unspecified atom stereocenters. The number of benzene rings is 2. The van der Waals surface area contributed by atoms with Crippen molar-refractivity contribution in [3.8, 4) is 17.2 Å². The number of rotatable bonds is 7. The summed E-state index contributed by atoms with van der Waals surface area (Å²) in [5.41, 5.74) is 0.565. The van der Waals surface area contributed by atoms with Crippen LogP contribution >= 0.6 is 0 Å². The summed E-state index contributed by atoms with van der Waals surface area (Å²) in [5, 5.41) is 5.44. The van der Waals surface area contributed by atoms with E-state index in [-0.39, 0.29) is 6.03 Å². The van der Waals surface area contributed by atoms with E-state index in [1.54, 1.807) is 25.3 Å². The standard InChI is InChI=1S/C17H20N2O4/c1-21-14-8-9-15(16(12-14)22-2)19-17(20)18-10-11-23-13-6-4-3-5-7-13/h3-9,12H,10-11H2,1-2H3,(H2,18,19,20). The second-order valence-corrected chi connectivity index (χ2v) is 4.61. The minimum absolute atomic E-state index is 0.329. The quantitative estimate of drug-likeness (QED) is 0.771. The molecule has 0 spiro atoms. The van der Waals surface area contributed by atoms with Crippen LogP contribution in [0.1, 0.15) is 0 Å². The zero-order valence-corrected chi connectivity index (χ0v) is 13.2. The average Bonchev–Trinajstić information content (AvgIpc) is 2.60. The van der Waals surface area contributed by atoms with Crippen LogP contribution in [0.15, 0.2) is 48.5 Å². The Balaban J connectivity index is 1.78. The van der Waals surface area contributed by atoms with Crippen molar-refractivity contribution < 1.29 is 19.0 Å². The van der Waals surface area contributed by atoms with Gasteiger partial charge in [0.25, 0.3) is 0 Å². The third kappa shape index (κ3) is 5.10. The van der Waals surface area contributed by atoms with Crippen LogP contribution in [-0.4, -0.2) is 33.4 Å². The van der Waals surface area contributed by atoms with E-state index >= 15 is 0 Å². The number of anilines is 1. The van der Waals surface area contributed by atoms with Crippen LogP contribution in [0.3, 0.4) is 0 Å². The number of para-hydroxylation sites is 1. The van der Waals surface area contributed by atoms with E-state index in [0.29, 0.717) is 30.3 Å². The first kappa shape index (κ1) is 16.5. The monoisotopic (exact) mass is 316 g/mol. The highest BCUT2D eigenvalue weighted by molar-refractivity contribution is 5.91. The van der Waals surface area contributed by atoms with Gasteiger partial charge in [0.2, 0.25) is 0 Å². The number of nitrogens with one attached hydrogen (secondary N) is 2. The average molecular weight is 316 g/mol. The lowest BCUT2D eigenvalue weighted by Gasteiger charge is -2.12. The van der Waals surface area contributed by atoms with Gasteiger partial charge >= 0.3 is 6.03 Å². The Morgan fingerprint density at radius 1 is 1.00 bits per heavy atom. The maximum Gasteiger partial charge on any atom is 0.319 e. The first-order valence-corrected chi connectivity index (χ1v) is 7.17. The van der Waals surface area contributed by atoms with Gasteiger partial charge in [-0.2, -0.15) is 0 Å². The summed E-state index contributed by atoms with van der Waals surface area (Å²) in [7, 11) is 3.10. The van der Waals surface area contributed by atoms with Crippen molar-refractivity contribution in [3.05, 3.63) is 48.5 Å². The van der Waals surface area contributed by atoms with Crippen molar-refractivity contribution in [1.29, 1.82) is 0 Å². The van der Waals surface area contributed by atoms with E-state index < -0.39 is 0 Å². The number of urea groups is 1. The second-order valence-electron chi connectivity index (χ2n) is 4.61. The van der Waals surface area contributed by atoms with Crippen LogP contribution in [-0.2, 0) is 0 Å². The van der Waals surface area contributed by atoms with Crippen LogP contribution in [0.4, 0.5) is 10.5 Å². The van der Waals surface area contributed by atoms with Crippen molar-refractivity contribution in [1.82, 2.24) is 5.32 Å². The molecule has 0 atom stereocenters. The molecule has 6 heteroatoms. The van der Waals surface area contributed by atoms with Crippen molar-refractivity contribution in [2.45, 2.75) is 0 Å². The van der Waals surface area contributed by atoms with Crippen molar-refractivity contribution >= 4 is 11.7 Å². The molecule has 0 aliphatic heterocycles. The molecule has 2 aromatic rings. The van der Waals surface area contributed by atoms with E-state index in [2.05, 4.69) is 10.6 Å². The van der Waals surface area contributed by atoms with E-state index in [4.69, 9.17) is 14.2 Å². The summed E-state index contributed by atoms with van der Waals surface area (Å²) < 4.78 is 15.8. The summed E-state index contributed by atoms with van der Waals surface area (Å²) in [6.07, 6.45) is 0. The van der Waals surface area contributed by atoms with Crippen molar-refractivity contribution in [2.75, 3.05) is 32.7 Å². The Morgan fingerprint density at radius 2 is 1.78 bits per heavy atom. The summed E-state index contributed by atoms with van der Waals surface area (Å²) in [6, 6.07) is 14.3. The Kier molecular flexibility index (Phi) is 6.11. The Hall–Kier alpha value is -2.89. The number of carbonyl (C=O) groups excluding carboxylic acids is 1. The molecule has 0 fully saturated rings. The van der Waals surface area contributed by atoms with Crippen molar-refractivity contribution in [2.24, 2.45) is 0 Å². The topological polar surface area (TPSA) is 68.8 Å². The van der Waals surface area contributed by atoms with Crippen LogP contribution in [0.2, 0.25) is 0 Å². The first-order chi connectivity index (χ1) is 11.2. The molecule has 6 nitrogen and oxygen atoms in total. The summed E-state index contributed by atoms with van der Waals surface area (Å²) in [5.74, 6) is 1.95. The smallest absolute Gasteiger partial charge is 0.319 e. The molecule has 0 aliphatic rings. The summed E-state index contributed by atoms with van der Waals surface area (Å²) >= 11 is 0. The van der Waals surface area contributed by atoms with E-state index in [9.17, 15) is 4.79 Å². The Labute approximate surface area is 135 Å². The fourth-order valence-corrected chi connectivity index (χ4v) is 1.92. The van der Waals surface area contributed by atoms with E-state index in [1.165, 1.54) is 7.11 Å². The number of ether oxygens (including phenoxy) is 3. The van der Waals surface area contributed by atoms with E-state index in [0.717, 1.165) is 5.75 Å². The van der Waals surface area contributed by atoms with Gasteiger partial charge in [-0.05, 0) is 24.3 Å². The third-order valence-electron chi connectivity index (χ3n) is 3.06. The molecular weight excluding hydrogens is 296 g/mol. The summed E-state index contributed by atoms with van der Waals surface area (Å²) in [6.45, 7) is 0.774. The second kappa shape index (κ2) is 8.53. The normalized spacial score (nSPS) is 9.83. The lowest BCUT2D eigenvalue weighted by Crippen LogP contribution is -2.32. The van der Waals surface area contributed by atoms with E-state index in [1.807, 2.05) is 30.3 Å². The van der Waals surface area contributed by atoms with Gasteiger partial charge in [-0.15, -0.1) is 0 Å². The first-order valence-electron chi connectivity index (χ1n) is 7.17. The highest BCUT2D eigenvalue weighted by Crippen LogP contribution is 2.28. The summed E-state index contributed by atoms with van der Waals surface area (Å²) in [4.78, 5) is 11.9. The molecule has 2 rings (SSSR count). The predicted molar refractivity (Wildman–Crippen MR) is 88.5 cm³/mol. The van der Waals surface area contributed by atoms with Crippen LogP contribution in [0.25, 0.3) is 0 Å². The van der Waals surface area contributed by atoms with Gasteiger partial charge in [-0.3, -0.25) is 0 Å². The van der Waals surface area contributed by atoms with Gasteiger partial charge in [0.1, 0.15) is 23.9 Å². The highest BCUT2D eigenvalue weighted by atomic mass is 16.5. The molecule has 0 heterocycles. The maximum absolute atomic E-state index is 11.9. The minimum atomic E-state index is -0.329. The van der Waals surface area contributed by atoms with Gasteiger partial charge in [0.05, 0.1) is 26.5 Å². The number of amides is 2. The number of hydrogen-bond acceptors (Lipinski definition) is 4. The minimum Gasteiger partial charge on any atom is -0.497 e.